The summed E-state index contributed by atoms with van der Waals surface area (Å²) in [6, 6.07) is 9.62. The van der Waals surface area contributed by atoms with Gasteiger partial charge in [0.15, 0.2) is 18.1 Å². The van der Waals surface area contributed by atoms with Crippen molar-refractivity contribution < 1.29 is 33.0 Å². The van der Waals surface area contributed by atoms with Gasteiger partial charge < -0.3 is 24.8 Å². The lowest BCUT2D eigenvalue weighted by Gasteiger charge is -2.22. The predicted molar refractivity (Wildman–Crippen MR) is 102 cm³/mol. The predicted octanol–water partition coefficient (Wildman–Crippen LogP) is 1.91. The second kappa shape index (κ2) is 10.1. The third-order valence-electron chi connectivity index (χ3n) is 3.96. The molecular formula is C20H21FN2O6. The maximum absolute atomic E-state index is 13.2. The third kappa shape index (κ3) is 5.93. The zero-order chi connectivity index (χ0) is 21.4. The molecule has 0 unspecified atom stereocenters. The molecule has 0 spiro atoms. The average Bonchev–Trinajstić information content (AvgIpc) is 2.72. The molecule has 0 fully saturated rings. The van der Waals surface area contributed by atoms with E-state index < -0.39 is 23.6 Å². The fourth-order valence-electron chi connectivity index (χ4n) is 2.49. The molecule has 0 aliphatic heterocycles. The molecule has 2 aromatic rings. The molecular weight excluding hydrogens is 383 g/mol. The van der Waals surface area contributed by atoms with E-state index in [2.05, 4.69) is 4.74 Å². The van der Waals surface area contributed by atoms with Crippen LogP contribution in [0.4, 0.5) is 10.1 Å². The van der Waals surface area contributed by atoms with Crippen molar-refractivity contribution in [3.8, 4) is 11.5 Å². The first-order valence-electron chi connectivity index (χ1n) is 8.59. The second-order valence-electron chi connectivity index (χ2n) is 5.88. The van der Waals surface area contributed by atoms with E-state index in [1.807, 2.05) is 0 Å². The number of carbonyl (C=O) groups excluding carboxylic acids is 3. The van der Waals surface area contributed by atoms with Gasteiger partial charge in [0.1, 0.15) is 5.82 Å². The van der Waals surface area contributed by atoms with Crippen LogP contribution >= 0.6 is 0 Å². The summed E-state index contributed by atoms with van der Waals surface area (Å²) in [5.41, 5.74) is 5.83. The largest absolute Gasteiger partial charge is 0.493 e. The van der Waals surface area contributed by atoms with E-state index in [1.54, 1.807) is 0 Å². The standard InChI is InChI=1S/C20H21FN2O6/c1-27-17-11-13(20(26)28-2)3-8-16(17)29-12-19(25)23(10-9-18(22)24)15-6-4-14(21)5-7-15/h3-8,11H,9-10,12H2,1-2H3,(H2,22,24). The molecule has 0 bridgehead atoms. The highest BCUT2D eigenvalue weighted by atomic mass is 19.1. The Hall–Kier alpha value is -3.62. The highest BCUT2D eigenvalue weighted by Crippen LogP contribution is 2.28. The summed E-state index contributed by atoms with van der Waals surface area (Å²) in [6.45, 7) is -0.369. The highest BCUT2D eigenvalue weighted by molar-refractivity contribution is 5.95. The van der Waals surface area contributed by atoms with Gasteiger partial charge in [-0.25, -0.2) is 9.18 Å². The lowest BCUT2D eigenvalue weighted by atomic mass is 10.2. The number of esters is 1. The van der Waals surface area contributed by atoms with Gasteiger partial charge in [-0.15, -0.1) is 0 Å². The number of nitrogens with two attached hydrogens (primary N) is 1. The van der Waals surface area contributed by atoms with Gasteiger partial charge in [-0.05, 0) is 42.5 Å². The van der Waals surface area contributed by atoms with Crippen LogP contribution in [0.3, 0.4) is 0 Å². The van der Waals surface area contributed by atoms with Crippen LogP contribution in [0.25, 0.3) is 0 Å². The number of rotatable bonds is 9. The summed E-state index contributed by atoms with van der Waals surface area (Å²) in [5.74, 6) is -1.57. The minimum Gasteiger partial charge on any atom is -0.493 e. The molecule has 2 N–H and O–H groups in total. The third-order valence-corrected chi connectivity index (χ3v) is 3.96. The summed E-state index contributed by atoms with van der Waals surface area (Å²) in [7, 11) is 2.65. The Kier molecular flexibility index (Phi) is 7.53. The van der Waals surface area contributed by atoms with Crippen LogP contribution in [0.1, 0.15) is 16.8 Å². The summed E-state index contributed by atoms with van der Waals surface area (Å²) < 4.78 is 28.6. The molecule has 0 saturated carbocycles. The van der Waals surface area contributed by atoms with Gasteiger partial charge in [-0.2, -0.15) is 0 Å². The van der Waals surface area contributed by atoms with Gasteiger partial charge in [0.25, 0.3) is 5.91 Å². The fraction of sp³-hybridized carbons (Fsp3) is 0.250. The molecule has 0 aliphatic carbocycles. The van der Waals surface area contributed by atoms with Crippen molar-refractivity contribution in [1.82, 2.24) is 0 Å². The number of methoxy groups -OCH3 is 2. The van der Waals surface area contributed by atoms with Gasteiger partial charge in [-0.3, -0.25) is 9.59 Å². The van der Waals surface area contributed by atoms with Crippen molar-refractivity contribution in [1.29, 1.82) is 0 Å². The molecule has 0 aromatic heterocycles. The molecule has 154 valence electrons. The van der Waals surface area contributed by atoms with Crippen molar-refractivity contribution in [2.45, 2.75) is 6.42 Å². The Morgan fingerprint density at radius 3 is 2.31 bits per heavy atom. The molecule has 0 aliphatic rings. The Bertz CT molecular complexity index is 885. The number of amides is 2. The number of primary amides is 1. The quantitative estimate of drug-likeness (QED) is 0.640. The molecule has 0 heterocycles. The van der Waals surface area contributed by atoms with E-state index in [0.29, 0.717) is 5.69 Å². The van der Waals surface area contributed by atoms with Gasteiger partial charge >= 0.3 is 5.97 Å². The van der Waals surface area contributed by atoms with Crippen molar-refractivity contribution in [3.05, 3.63) is 53.8 Å². The first-order chi connectivity index (χ1) is 13.8. The second-order valence-corrected chi connectivity index (χ2v) is 5.88. The SMILES string of the molecule is COC(=O)c1ccc(OCC(=O)N(CCC(N)=O)c2ccc(F)cc2)c(OC)c1. The number of hydrogen-bond acceptors (Lipinski definition) is 6. The Balaban J connectivity index is 2.15. The number of halogens is 1. The summed E-state index contributed by atoms with van der Waals surface area (Å²) >= 11 is 0. The zero-order valence-corrected chi connectivity index (χ0v) is 16.0. The first-order valence-corrected chi connectivity index (χ1v) is 8.59. The molecule has 2 rings (SSSR count). The molecule has 2 aromatic carbocycles. The topological polar surface area (TPSA) is 108 Å². The normalized spacial score (nSPS) is 10.2. The summed E-state index contributed by atoms with van der Waals surface area (Å²) in [5, 5.41) is 0. The van der Waals surface area contributed by atoms with Crippen LogP contribution < -0.4 is 20.1 Å². The van der Waals surface area contributed by atoms with Crippen LogP contribution in [-0.4, -0.2) is 45.2 Å². The Morgan fingerprint density at radius 2 is 1.72 bits per heavy atom. The molecule has 8 nitrogen and oxygen atoms in total. The average molecular weight is 404 g/mol. The molecule has 0 atom stereocenters. The van der Waals surface area contributed by atoms with Crippen LogP contribution in [0.2, 0.25) is 0 Å². The van der Waals surface area contributed by atoms with Gasteiger partial charge in [-0.1, -0.05) is 0 Å². The van der Waals surface area contributed by atoms with Crippen LogP contribution in [-0.2, 0) is 14.3 Å². The number of benzene rings is 2. The Morgan fingerprint density at radius 1 is 1.03 bits per heavy atom. The van der Waals surface area contributed by atoms with E-state index in [9.17, 15) is 18.8 Å². The number of hydrogen-bond donors (Lipinski definition) is 1. The number of ether oxygens (including phenoxy) is 3. The monoisotopic (exact) mass is 404 g/mol. The Labute approximate surface area is 166 Å². The molecule has 2 amide bonds. The van der Waals surface area contributed by atoms with Crippen molar-refractivity contribution >= 4 is 23.5 Å². The minimum absolute atomic E-state index is 0.0154. The van der Waals surface area contributed by atoms with E-state index in [-0.39, 0.29) is 36.6 Å². The van der Waals surface area contributed by atoms with Crippen molar-refractivity contribution in [2.75, 3.05) is 32.3 Å². The van der Waals surface area contributed by atoms with Crippen LogP contribution in [0.15, 0.2) is 42.5 Å². The number of anilines is 1. The van der Waals surface area contributed by atoms with E-state index in [1.165, 1.54) is 61.6 Å². The lowest BCUT2D eigenvalue weighted by molar-refractivity contribution is -0.120. The molecule has 9 heteroatoms. The van der Waals surface area contributed by atoms with Gasteiger partial charge in [0, 0.05) is 18.7 Å². The molecule has 0 saturated heterocycles. The first kappa shape index (κ1) is 21.7. The number of carbonyl (C=O) groups is 3. The fourth-order valence-corrected chi connectivity index (χ4v) is 2.49. The molecule has 0 radical (unpaired) electrons. The van der Waals surface area contributed by atoms with Crippen LogP contribution in [0, 0.1) is 5.82 Å². The van der Waals surface area contributed by atoms with Gasteiger partial charge in [0.2, 0.25) is 5.91 Å². The zero-order valence-electron chi connectivity index (χ0n) is 16.0. The van der Waals surface area contributed by atoms with E-state index in [0.717, 1.165) is 0 Å². The van der Waals surface area contributed by atoms with Gasteiger partial charge in [0.05, 0.1) is 19.8 Å². The lowest BCUT2D eigenvalue weighted by Crippen LogP contribution is -2.37. The van der Waals surface area contributed by atoms with Crippen molar-refractivity contribution in [3.63, 3.8) is 0 Å². The van der Waals surface area contributed by atoms with E-state index in [4.69, 9.17) is 15.2 Å². The van der Waals surface area contributed by atoms with E-state index >= 15 is 0 Å². The summed E-state index contributed by atoms with van der Waals surface area (Å²) in [4.78, 5) is 36.7. The summed E-state index contributed by atoms with van der Waals surface area (Å²) in [6.07, 6.45) is -0.0692. The maximum atomic E-state index is 13.2. The molecule has 29 heavy (non-hydrogen) atoms. The smallest absolute Gasteiger partial charge is 0.337 e. The highest BCUT2D eigenvalue weighted by Gasteiger charge is 2.19. The van der Waals surface area contributed by atoms with Crippen LogP contribution in [0.5, 0.6) is 11.5 Å². The minimum atomic E-state index is -0.578. The number of nitrogens with zero attached hydrogens (tertiary/aromatic N) is 1. The maximum Gasteiger partial charge on any atom is 0.337 e. The van der Waals surface area contributed by atoms with Crippen molar-refractivity contribution in [2.24, 2.45) is 5.73 Å².